The van der Waals surface area contributed by atoms with Gasteiger partial charge in [-0.2, -0.15) is 0 Å². The molecule has 1 aliphatic rings. The van der Waals surface area contributed by atoms with E-state index in [9.17, 15) is 0 Å². The predicted molar refractivity (Wildman–Crippen MR) is 88.2 cm³/mol. The first-order chi connectivity index (χ1) is 9.88. The first-order valence-corrected chi connectivity index (χ1v) is 9.13. The van der Waals surface area contributed by atoms with Gasteiger partial charge < -0.3 is 10.1 Å². The third kappa shape index (κ3) is 8.26. The average Bonchev–Trinajstić information content (AvgIpc) is 2.49. The van der Waals surface area contributed by atoms with E-state index in [0.29, 0.717) is 6.04 Å². The summed E-state index contributed by atoms with van der Waals surface area (Å²) in [4.78, 5) is 0. The first-order valence-electron chi connectivity index (χ1n) is 9.13. The summed E-state index contributed by atoms with van der Waals surface area (Å²) < 4.78 is 5.62. The van der Waals surface area contributed by atoms with Crippen LogP contribution in [0.4, 0.5) is 0 Å². The lowest BCUT2D eigenvalue weighted by Gasteiger charge is -2.31. The van der Waals surface area contributed by atoms with Crippen LogP contribution in [-0.4, -0.2) is 26.3 Å². The Balaban J connectivity index is 1.86. The minimum absolute atomic E-state index is 0.697. The van der Waals surface area contributed by atoms with Crippen molar-refractivity contribution in [1.82, 2.24) is 5.32 Å². The molecule has 2 heteroatoms. The second kappa shape index (κ2) is 12.6. The lowest BCUT2D eigenvalue weighted by atomic mass is 9.90. The van der Waals surface area contributed by atoms with Gasteiger partial charge in [-0.1, -0.05) is 71.1 Å². The van der Waals surface area contributed by atoms with E-state index in [4.69, 9.17) is 4.74 Å². The van der Waals surface area contributed by atoms with Crippen LogP contribution in [0.3, 0.4) is 0 Å². The highest BCUT2D eigenvalue weighted by molar-refractivity contribution is 4.78. The van der Waals surface area contributed by atoms with E-state index in [2.05, 4.69) is 19.3 Å². The quantitative estimate of drug-likeness (QED) is 0.513. The van der Waals surface area contributed by atoms with Gasteiger partial charge in [0.25, 0.3) is 0 Å². The minimum Gasteiger partial charge on any atom is -0.381 e. The lowest BCUT2D eigenvalue weighted by molar-refractivity contribution is 0.0298. The molecule has 0 radical (unpaired) electrons. The molecule has 1 heterocycles. The van der Waals surface area contributed by atoms with Crippen LogP contribution < -0.4 is 5.32 Å². The van der Waals surface area contributed by atoms with E-state index >= 15 is 0 Å². The summed E-state index contributed by atoms with van der Waals surface area (Å²) in [7, 11) is 2.10. The zero-order chi connectivity index (χ0) is 14.5. The Hall–Kier alpha value is -0.0800. The molecule has 1 N–H and O–H groups in total. The zero-order valence-electron chi connectivity index (χ0n) is 14.0. The molecule has 120 valence electrons. The lowest BCUT2D eigenvalue weighted by Crippen LogP contribution is -2.40. The fourth-order valence-corrected chi connectivity index (χ4v) is 3.36. The number of unbranched alkanes of at least 4 members (excludes halogenated alkanes) is 9. The summed E-state index contributed by atoms with van der Waals surface area (Å²) >= 11 is 0. The van der Waals surface area contributed by atoms with Gasteiger partial charge in [-0.05, 0) is 25.8 Å². The Morgan fingerprint density at radius 3 is 2.10 bits per heavy atom. The summed E-state index contributed by atoms with van der Waals surface area (Å²) in [5.41, 5.74) is 0. The normalized spacial score (nSPS) is 23.1. The van der Waals surface area contributed by atoms with Crippen molar-refractivity contribution >= 4 is 0 Å². The molecule has 0 aliphatic carbocycles. The van der Waals surface area contributed by atoms with Gasteiger partial charge in [0, 0.05) is 12.6 Å². The van der Waals surface area contributed by atoms with E-state index < -0.39 is 0 Å². The van der Waals surface area contributed by atoms with Crippen LogP contribution in [-0.2, 0) is 4.74 Å². The highest BCUT2D eigenvalue weighted by atomic mass is 16.5. The molecule has 1 aliphatic heterocycles. The van der Waals surface area contributed by atoms with Crippen LogP contribution in [0.15, 0.2) is 0 Å². The summed E-state index contributed by atoms with van der Waals surface area (Å²) in [5.74, 6) is 0.753. The van der Waals surface area contributed by atoms with Crippen LogP contribution in [0.2, 0.25) is 0 Å². The van der Waals surface area contributed by atoms with Gasteiger partial charge in [-0.15, -0.1) is 0 Å². The fourth-order valence-electron chi connectivity index (χ4n) is 3.36. The molecule has 0 saturated carbocycles. The highest BCUT2D eigenvalue weighted by Gasteiger charge is 2.23. The van der Waals surface area contributed by atoms with Crippen molar-refractivity contribution < 1.29 is 4.74 Å². The predicted octanol–water partition coefficient (Wildman–Crippen LogP) is 4.92. The van der Waals surface area contributed by atoms with Gasteiger partial charge in [-0.3, -0.25) is 0 Å². The Bertz CT molecular complexity index is 208. The molecule has 1 saturated heterocycles. The third-order valence-electron chi connectivity index (χ3n) is 4.77. The molecule has 0 bridgehead atoms. The van der Waals surface area contributed by atoms with E-state index in [1.54, 1.807) is 0 Å². The summed E-state index contributed by atoms with van der Waals surface area (Å²) in [6.07, 6.45) is 16.8. The monoisotopic (exact) mass is 283 g/mol. The van der Waals surface area contributed by atoms with Crippen molar-refractivity contribution in [2.24, 2.45) is 5.92 Å². The standard InChI is InChI=1S/C18H37NO/c1-3-4-5-6-7-8-9-10-11-12-13-17-16-20-15-14-18(17)19-2/h17-19H,3-16H2,1-2H3. The van der Waals surface area contributed by atoms with Crippen LogP contribution in [0.1, 0.15) is 84.0 Å². The highest BCUT2D eigenvalue weighted by Crippen LogP contribution is 2.21. The molecule has 0 amide bonds. The maximum atomic E-state index is 5.62. The van der Waals surface area contributed by atoms with Gasteiger partial charge in [-0.25, -0.2) is 0 Å². The number of rotatable bonds is 12. The molecule has 2 unspecified atom stereocenters. The molecule has 1 fully saturated rings. The van der Waals surface area contributed by atoms with E-state index in [1.165, 1.54) is 77.0 Å². The molecule has 20 heavy (non-hydrogen) atoms. The van der Waals surface area contributed by atoms with Crippen LogP contribution in [0.5, 0.6) is 0 Å². The van der Waals surface area contributed by atoms with Crippen molar-refractivity contribution in [2.45, 2.75) is 90.0 Å². The third-order valence-corrected chi connectivity index (χ3v) is 4.77. The number of ether oxygens (including phenoxy) is 1. The maximum Gasteiger partial charge on any atom is 0.0509 e. The van der Waals surface area contributed by atoms with Gasteiger partial charge in [0.05, 0.1) is 6.61 Å². The molecule has 2 atom stereocenters. The van der Waals surface area contributed by atoms with Crippen molar-refractivity contribution in [3.63, 3.8) is 0 Å². The largest absolute Gasteiger partial charge is 0.381 e. The number of hydrogen-bond donors (Lipinski definition) is 1. The second-order valence-corrected chi connectivity index (χ2v) is 6.49. The van der Waals surface area contributed by atoms with Crippen molar-refractivity contribution in [2.75, 3.05) is 20.3 Å². The van der Waals surface area contributed by atoms with Crippen molar-refractivity contribution in [3.8, 4) is 0 Å². The maximum absolute atomic E-state index is 5.62. The topological polar surface area (TPSA) is 21.3 Å². The Labute approximate surface area is 127 Å². The molecular formula is C18H37NO. The second-order valence-electron chi connectivity index (χ2n) is 6.49. The van der Waals surface area contributed by atoms with E-state index in [-0.39, 0.29) is 0 Å². The van der Waals surface area contributed by atoms with Gasteiger partial charge >= 0.3 is 0 Å². The number of nitrogens with one attached hydrogen (secondary N) is 1. The van der Waals surface area contributed by atoms with Crippen LogP contribution in [0.25, 0.3) is 0 Å². The molecule has 0 aromatic heterocycles. The molecule has 0 aromatic carbocycles. The van der Waals surface area contributed by atoms with Crippen molar-refractivity contribution in [3.05, 3.63) is 0 Å². The van der Waals surface area contributed by atoms with Gasteiger partial charge in [0.2, 0.25) is 0 Å². The molecule has 1 rings (SSSR count). The molecule has 0 aromatic rings. The van der Waals surface area contributed by atoms with Gasteiger partial charge in [0.15, 0.2) is 0 Å². The summed E-state index contributed by atoms with van der Waals surface area (Å²) in [5, 5.41) is 3.46. The van der Waals surface area contributed by atoms with E-state index in [0.717, 1.165) is 19.1 Å². The average molecular weight is 283 g/mol. The van der Waals surface area contributed by atoms with E-state index in [1.807, 2.05) is 0 Å². The van der Waals surface area contributed by atoms with Crippen LogP contribution >= 0.6 is 0 Å². The SMILES string of the molecule is CCCCCCCCCCCCC1COCCC1NC. The smallest absolute Gasteiger partial charge is 0.0509 e. The first kappa shape index (κ1) is 18.0. The molecular weight excluding hydrogens is 246 g/mol. The Morgan fingerprint density at radius 2 is 1.50 bits per heavy atom. The zero-order valence-corrected chi connectivity index (χ0v) is 14.0. The Morgan fingerprint density at radius 1 is 0.900 bits per heavy atom. The van der Waals surface area contributed by atoms with Gasteiger partial charge in [0.1, 0.15) is 0 Å². The number of hydrogen-bond acceptors (Lipinski definition) is 2. The van der Waals surface area contributed by atoms with Crippen LogP contribution in [0, 0.1) is 5.92 Å². The minimum atomic E-state index is 0.697. The Kier molecular flexibility index (Phi) is 11.4. The molecule has 0 spiro atoms. The fraction of sp³-hybridized carbons (Fsp3) is 1.00. The summed E-state index contributed by atoms with van der Waals surface area (Å²) in [6.45, 7) is 4.21. The molecule has 2 nitrogen and oxygen atoms in total. The summed E-state index contributed by atoms with van der Waals surface area (Å²) in [6, 6.07) is 0.697. The van der Waals surface area contributed by atoms with Crippen molar-refractivity contribution in [1.29, 1.82) is 0 Å².